The van der Waals surface area contributed by atoms with E-state index in [0.29, 0.717) is 5.89 Å². The molecule has 0 aliphatic carbocycles. The van der Waals surface area contributed by atoms with Crippen LogP contribution in [0.3, 0.4) is 0 Å². The monoisotopic (exact) mass is 257 g/mol. The van der Waals surface area contributed by atoms with Gasteiger partial charge >= 0.3 is 0 Å². The zero-order valence-electron chi connectivity index (χ0n) is 11.2. The topological polar surface area (TPSA) is 41.3 Å². The normalized spacial score (nSPS) is 16.7. The van der Waals surface area contributed by atoms with Gasteiger partial charge in [0, 0.05) is 38.3 Å². The van der Waals surface area contributed by atoms with Crippen LogP contribution in [0.2, 0.25) is 0 Å². The Hall–Kier alpha value is -1.65. The fourth-order valence-corrected chi connectivity index (χ4v) is 2.39. The number of benzene rings is 1. The van der Waals surface area contributed by atoms with E-state index in [1.54, 1.807) is 6.26 Å². The number of hydrogen-bond donors (Lipinski definition) is 1. The summed E-state index contributed by atoms with van der Waals surface area (Å²) in [5.41, 5.74) is 3.28. The summed E-state index contributed by atoms with van der Waals surface area (Å²) in [7, 11) is 0. The van der Waals surface area contributed by atoms with E-state index in [9.17, 15) is 0 Å². The van der Waals surface area contributed by atoms with E-state index in [1.807, 2.05) is 12.1 Å². The number of hydrogen-bond acceptors (Lipinski definition) is 4. The molecule has 2 heterocycles. The van der Waals surface area contributed by atoms with Gasteiger partial charge in [-0.25, -0.2) is 4.98 Å². The van der Waals surface area contributed by atoms with Gasteiger partial charge in [-0.3, -0.25) is 4.90 Å². The van der Waals surface area contributed by atoms with Crippen molar-refractivity contribution in [3.05, 3.63) is 41.8 Å². The lowest BCUT2D eigenvalue weighted by molar-refractivity contribution is 0.230. The molecule has 1 fully saturated rings. The summed E-state index contributed by atoms with van der Waals surface area (Å²) in [4.78, 5) is 6.98. The molecule has 0 saturated carbocycles. The molecule has 1 aliphatic heterocycles. The van der Waals surface area contributed by atoms with Crippen molar-refractivity contribution in [3.63, 3.8) is 0 Å². The van der Waals surface area contributed by atoms with Gasteiger partial charge in [0.15, 0.2) is 0 Å². The van der Waals surface area contributed by atoms with Crippen LogP contribution in [-0.2, 0) is 6.54 Å². The molecule has 0 radical (unpaired) electrons. The van der Waals surface area contributed by atoms with Crippen molar-refractivity contribution in [2.24, 2.45) is 0 Å². The minimum Gasteiger partial charge on any atom is -0.444 e. The Morgan fingerprint density at radius 1 is 1.32 bits per heavy atom. The van der Waals surface area contributed by atoms with Gasteiger partial charge in [0.25, 0.3) is 0 Å². The maximum atomic E-state index is 5.59. The van der Waals surface area contributed by atoms with E-state index in [1.165, 1.54) is 5.56 Å². The molecular formula is C15H19N3O. The SMILES string of the molecule is Cc1cccc(-c2nc(CN3CCNCC3)co2)c1. The Morgan fingerprint density at radius 2 is 2.16 bits per heavy atom. The van der Waals surface area contributed by atoms with E-state index < -0.39 is 0 Å². The first-order chi connectivity index (χ1) is 9.31. The highest BCUT2D eigenvalue weighted by molar-refractivity contribution is 5.54. The summed E-state index contributed by atoms with van der Waals surface area (Å²) in [6, 6.07) is 8.24. The summed E-state index contributed by atoms with van der Waals surface area (Å²) >= 11 is 0. The van der Waals surface area contributed by atoms with Crippen molar-refractivity contribution in [3.8, 4) is 11.5 Å². The summed E-state index contributed by atoms with van der Waals surface area (Å²) in [5, 5.41) is 3.35. The summed E-state index contributed by atoms with van der Waals surface area (Å²) < 4.78 is 5.59. The van der Waals surface area contributed by atoms with Gasteiger partial charge in [-0.05, 0) is 19.1 Å². The van der Waals surface area contributed by atoms with Crippen molar-refractivity contribution >= 4 is 0 Å². The first-order valence-electron chi connectivity index (χ1n) is 6.76. The lowest BCUT2D eigenvalue weighted by Gasteiger charge is -2.25. The highest BCUT2D eigenvalue weighted by atomic mass is 16.3. The van der Waals surface area contributed by atoms with Gasteiger partial charge in [0.05, 0.1) is 5.69 Å². The molecule has 1 aromatic carbocycles. The zero-order chi connectivity index (χ0) is 13.1. The van der Waals surface area contributed by atoms with Crippen molar-refractivity contribution in [1.29, 1.82) is 0 Å². The number of oxazole rings is 1. The molecule has 0 amide bonds. The van der Waals surface area contributed by atoms with E-state index in [2.05, 4.69) is 34.3 Å². The summed E-state index contributed by atoms with van der Waals surface area (Å²) in [6.45, 7) is 7.22. The molecule has 1 N–H and O–H groups in total. The van der Waals surface area contributed by atoms with Crippen LogP contribution in [0.4, 0.5) is 0 Å². The quantitative estimate of drug-likeness (QED) is 0.913. The van der Waals surface area contributed by atoms with Crippen molar-refractivity contribution < 1.29 is 4.42 Å². The second-order valence-electron chi connectivity index (χ2n) is 5.04. The molecular weight excluding hydrogens is 238 g/mol. The smallest absolute Gasteiger partial charge is 0.226 e. The Labute approximate surface area is 113 Å². The molecule has 2 aromatic rings. The van der Waals surface area contributed by atoms with E-state index in [0.717, 1.165) is 44.0 Å². The molecule has 0 unspecified atom stereocenters. The molecule has 0 atom stereocenters. The first kappa shape index (κ1) is 12.4. The number of piperazine rings is 1. The van der Waals surface area contributed by atoms with Crippen molar-refractivity contribution in [2.75, 3.05) is 26.2 Å². The minimum atomic E-state index is 0.717. The number of nitrogens with one attached hydrogen (secondary N) is 1. The number of nitrogens with zero attached hydrogens (tertiary/aromatic N) is 2. The molecule has 3 rings (SSSR count). The second-order valence-corrected chi connectivity index (χ2v) is 5.04. The predicted octanol–water partition coefficient (Wildman–Crippen LogP) is 2.06. The van der Waals surface area contributed by atoms with Gasteiger partial charge in [-0.1, -0.05) is 17.7 Å². The first-order valence-corrected chi connectivity index (χ1v) is 6.76. The summed E-state index contributed by atoms with van der Waals surface area (Å²) in [6.07, 6.45) is 1.78. The van der Waals surface area contributed by atoms with E-state index in [4.69, 9.17) is 4.42 Å². The molecule has 1 saturated heterocycles. The van der Waals surface area contributed by atoms with E-state index in [-0.39, 0.29) is 0 Å². The fraction of sp³-hybridized carbons (Fsp3) is 0.400. The van der Waals surface area contributed by atoms with Crippen LogP contribution >= 0.6 is 0 Å². The third-order valence-electron chi connectivity index (χ3n) is 3.41. The molecule has 4 heteroatoms. The third kappa shape index (κ3) is 3.03. The molecule has 0 spiro atoms. The highest BCUT2D eigenvalue weighted by Crippen LogP contribution is 2.20. The largest absolute Gasteiger partial charge is 0.444 e. The standard InChI is InChI=1S/C15H19N3O/c1-12-3-2-4-13(9-12)15-17-14(11-19-15)10-18-7-5-16-6-8-18/h2-4,9,11,16H,5-8,10H2,1H3. The van der Waals surface area contributed by atoms with Gasteiger partial charge < -0.3 is 9.73 Å². The number of rotatable bonds is 3. The van der Waals surface area contributed by atoms with Crippen LogP contribution in [0.1, 0.15) is 11.3 Å². The molecule has 0 bridgehead atoms. The Morgan fingerprint density at radius 3 is 2.95 bits per heavy atom. The van der Waals surface area contributed by atoms with Gasteiger partial charge in [0.2, 0.25) is 5.89 Å². The van der Waals surface area contributed by atoms with Gasteiger partial charge in [-0.2, -0.15) is 0 Å². The fourth-order valence-electron chi connectivity index (χ4n) is 2.39. The van der Waals surface area contributed by atoms with Crippen LogP contribution < -0.4 is 5.32 Å². The zero-order valence-corrected chi connectivity index (χ0v) is 11.2. The van der Waals surface area contributed by atoms with Crippen molar-refractivity contribution in [1.82, 2.24) is 15.2 Å². The van der Waals surface area contributed by atoms with Crippen molar-refractivity contribution in [2.45, 2.75) is 13.5 Å². The Balaban J connectivity index is 1.72. The average molecular weight is 257 g/mol. The molecule has 4 nitrogen and oxygen atoms in total. The minimum absolute atomic E-state index is 0.717. The number of aromatic nitrogens is 1. The molecule has 19 heavy (non-hydrogen) atoms. The predicted molar refractivity (Wildman–Crippen MR) is 74.8 cm³/mol. The lowest BCUT2D eigenvalue weighted by atomic mass is 10.1. The highest BCUT2D eigenvalue weighted by Gasteiger charge is 2.13. The number of aryl methyl sites for hydroxylation is 1. The lowest BCUT2D eigenvalue weighted by Crippen LogP contribution is -2.42. The second kappa shape index (κ2) is 5.55. The van der Waals surface area contributed by atoms with Crippen LogP contribution in [0.5, 0.6) is 0 Å². The third-order valence-corrected chi connectivity index (χ3v) is 3.41. The summed E-state index contributed by atoms with van der Waals surface area (Å²) in [5.74, 6) is 0.717. The maximum absolute atomic E-state index is 5.59. The van der Waals surface area contributed by atoms with E-state index >= 15 is 0 Å². The van der Waals surface area contributed by atoms with Gasteiger partial charge in [-0.15, -0.1) is 0 Å². The average Bonchev–Trinajstić information content (AvgIpc) is 2.88. The Kier molecular flexibility index (Phi) is 3.62. The molecule has 1 aliphatic rings. The molecule has 100 valence electrons. The van der Waals surface area contributed by atoms with Crippen LogP contribution in [0.15, 0.2) is 34.9 Å². The van der Waals surface area contributed by atoms with Crippen LogP contribution in [-0.4, -0.2) is 36.1 Å². The van der Waals surface area contributed by atoms with Crippen LogP contribution in [0, 0.1) is 6.92 Å². The van der Waals surface area contributed by atoms with Gasteiger partial charge in [0.1, 0.15) is 6.26 Å². The Bertz CT molecular complexity index is 544. The molecule has 1 aromatic heterocycles. The maximum Gasteiger partial charge on any atom is 0.226 e. The van der Waals surface area contributed by atoms with Crippen LogP contribution in [0.25, 0.3) is 11.5 Å².